The summed E-state index contributed by atoms with van der Waals surface area (Å²) in [4.78, 5) is 14.4. The van der Waals surface area contributed by atoms with E-state index in [4.69, 9.17) is 9.47 Å². The summed E-state index contributed by atoms with van der Waals surface area (Å²) in [6.07, 6.45) is 9.56. The molecule has 1 aliphatic heterocycles. The lowest BCUT2D eigenvalue weighted by atomic mass is 9.93. The number of carbonyl (C=O) groups excluding carboxylic acids is 1. The first-order chi connectivity index (χ1) is 15.8. The van der Waals surface area contributed by atoms with Crippen molar-refractivity contribution in [1.82, 2.24) is 4.90 Å². The number of carbonyl (C=O) groups is 1. The number of ether oxygens (including phenoxy) is 2. The van der Waals surface area contributed by atoms with Crippen LogP contribution in [0, 0.1) is 5.92 Å². The van der Waals surface area contributed by atoms with Gasteiger partial charge in [0.2, 0.25) is 0 Å². The van der Waals surface area contributed by atoms with Gasteiger partial charge in [-0.05, 0) is 60.6 Å². The maximum atomic E-state index is 12.0. The van der Waals surface area contributed by atoms with Crippen molar-refractivity contribution in [2.75, 3.05) is 39.5 Å². The van der Waals surface area contributed by atoms with Gasteiger partial charge in [0, 0.05) is 19.7 Å². The maximum Gasteiger partial charge on any atom is 0.310 e. The monoisotopic (exact) mass is 431 g/mol. The Bertz CT molecular complexity index is 927. The fraction of sp³-hybridized carbons (Fsp3) is 0.393. The summed E-state index contributed by atoms with van der Waals surface area (Å²) in [5.41, 5.74) is 6.19. The molecule has 2 aliphatic rings. The van der Waals surface area contributed by atoms with Crippen LogP contribution in [-0.2, 0) is 14.3 Å². The van der Waals surface area contributed by atoms with Crippen LogP contribution in [0.25, 0.3) is 17.7 Å². The van der Waals surface area contributed by atoms with Crippen LogP contribution in [0.5, 0.6) is 0 Å². The lowest BCUT2D eigenvalue weighted by Crippen LogP contribution is -2.40. The first-order valence-electron chi connectivity index (χ1n) is 11.8. The van der Waals surface area contributed by atoms with Gasteiger partial charge in [-0.3, -0.25) is 4.79 Å². The summed E-state index contributed by atoms with van der Waals surface area (Å²) in [5.74, 6) is -0.0168. The summed E-state index contributed by atoms with van der Waals surface area (Å²) in [7, 11) is 0. The molecule has 0 bridgehead atoms. The van der Waals surface area contributed by atoms with Gasteiger partial charge in [0.25, 0.3) is 0 Å². The van der Waals surface area contributed by atoms with Crippen molar-refractivity contribution >= 4 is 23.7 Å². The normalized spacial score (nSPS) is 17.9. The minimum atomic E-state index is -0.0430. The standard InChI is InChI=1S/C28H33NO3/c1-2-32-28(30)24-11-7-17-29(21-24)18-8-19-31-20-16-27-25-12-5-3-9-22(25)14-15-23-10-4-6-13-26(23)27/h3-6,9-10,12-16,24H,2,7-8,11,17-21H2,1H3/t24-/m1/s1. The van der Waals surface area contributed by atoms with E-state index in [2.05, 4.69) is 71.7 Å². The van der Waals surface area contributed by atoms with E-state index in [1.165, 1.54) is 27.8 Å². The molecule has 4 heteroatoms. The van der Waals surface area contributed by atoms with Crippen LogP contribution >= 0.6 is 0 Å². The molecule has 0 saturated carbocycles. The Labute approximate surface area is 191 Å². The van der Waals surface area contributed by atoms with Crippen molar-refractivity contribution in [2.24, 2.45) is 5.92 Å². The first-order valence-corrected chi connectivity index (χ1v) is 11.8. The van der Waals surface area contributed by atoms with E-state index in [1.54, 1.807) is 0 Å². The average molecular weight is 432 g/mol. The predicted molar refractivity (Wildman–Crippen MR) is 130 cm³/mol. The molecular weight excluding hydrogens is 398 g/mol. The molecule has 1 aliphatic carbocycles. The molecule has 0 unspecified atom stereocenters. The van der Waals surface area contributed by atoms with Crippen LogP contribution in [0.15, 0.2) is 54.6 Å². The molecule has 2 aromatic carbocycles. The van der Waals surface area contributed by atoms with Gasteiger partial charge in [-0.25, -0.2) is 0 Å². The Morgan fingerprint density at radius 2 is 1.75 bits per heavy atom. The lowest BCUT2D eigenvalue weighted by Gasteiger charge is -2.31. The summed E-state index contributed by atoms with van der Waals surface area (Å²) >= 11 is 0. The zero-order chi connectivity index (χ0) is 22.2. The van der Waals surface area contributed by atoms with Crippen LogP contribution in [-0.4, -0.2) is 50.3 Å². The van der Waals surface area contributed by atoms with Gasteiger partial charge >= 0.3 is 5.97 Å². The molecule has 0 N–H and O–H groups in total. The molecule has 1 heterocycles. The molecule has 1 fully saturated rings. The number of esters is 1. The minimum absolute atomic E-state index is 0.0262. The molecule has 1 atom stereocenters. The molecule has 0 aromatic heterocycles. The topological polar surface area (TPSA) is 38.8 Å². The summed E-state index contributed by atoms with van der Waals surface area (Å²) < 4.78 is 11.2. The van der Waals surface area contributed by atoms with Crippen molar-refractivity contribution < 1.29 is 14.3 Å². The highest BCUT2D eigenvalue weighted by Crippen LogP contribution is 2.33. The highest BCUT2D eigenvalue weighted by Gasteiger charge is 2.26. The van der Waals surface area contributed by atoms with Gasteiger partial charge in [-0.1, -0.05) is 66.8 Å². The Kier molecular flexibility index (Phi) is 7.92. The largest absolute Gasteiger partial charge is 0.466 e. The molecule has 32 heavy (non-hydrogen) atoms. The third-order valence-corrected chi connectivity index (χ3v) is 6.24. The second-order valence-electron chi connectivity index (χ2n) is 8.45. The molecule has 0 radical (unpaired) electrons. The highest BCUT2D eigenvalue weighted by molar-refractivity contribution is 5.93. The van der Waals surface area contributed by atoms with Gasteiger partial charge in [-0.2, -0.15) is 0 Å². The number of piperidine rings is 1. The summed E-state index contributed by atoms with van der Waals surface area (Å²) in [6, 6.07) is 17.0. The number of hydrogen-bond donors (Lipinski definition) is 0. The predicted octanol–water partition coefficient (Wildman–Crippen LogP) is 5.28. The Morgan fingerprint density at radius 3 is 2.44 bits per heavy atom. The molecule has 4 rings (SSSR count). The van der Waals surface area contributed by atoms with E-state index in [0.29, 0.717) is 19.8 Å². The van der Waals surface area contributed by atoms with Gasteiger partial charge in [-0.15, -0.1) is 0 Å². The second-order valence-corrected chi connectivity index (χ2v) is 8.45. The number of rotatable bonds is 8. The lowest BCUT2D eigenvalue weighted by molar-refractivity contribution is -0.149. The van der Waals surface area contributed by atoms with E-state index >= 15 is 0 Å². The number of nitrogens with zero attached hydrogens (tertiary/aromatic N) is 1. The number of fused-ring (bicyclic) bond motifs is 2. The summed E-state index contributed by atoms with van der Waals surface area (Å²) in [6.45, 7) is 6.46. The van der Waals surface area contributed by atoms with Crippen molar-refractivity contribution in [3.63, 3.8) is 0 Å². The molecule has 2 aromatic rings. The van der Waals surface area contributed by atoms with Crippen LogP contribution in [0.2, 0.25) is 0 Å². The highest BCUT2D eigenvalue weighted by atomic mass is 16.5. The number of benzene rings is 2. The third kappa shape index (κ3) is 5.56. The summed E-state index contributed by atoms with van der Waals surface area (Å²) in [5, 5.41) is 0. The molecule has 4 nitrogen and oxygen atoms in total. The van der Waals surface area contributed by atoms with E-state index < -0.39 is 0 Å². The Balaban J connectivity index is 1.30. The van der Waals surface area contributed by atoms with Gasteiger partial charge in [0.1, 0.15) is 0 Å². The average Bonchev–Trinajstić information content (AvgIpc) is 2.99. The van der Waals surface area contributed by atoms with Crippen molar-refractivity contribution in [2.45, 2.75) is 26.2 Å². The smallest absolute Gasteiger partial charge is 0.310 e. The Hall–Kier alpha value is -2.69. The maximum absolute atomic E-state index is 12.0. The third-order valence-electron chi connectivity index (χ3n) is 6.24. The van der Waals surface area contributed by atoms with E-state index in [-0.39, 0.29) is 11.9 Å². The van der Waals surface area contributed by atoms with Crippen LogP contribution < -0.4 is 0 Å². The van der Waals surface area contributed by atoms with Gasteiger partial charge in [0.15, 0.2) is 0 Å². The van der Waals surface area contributed by atoms with E-state index in [0.717, 1.165) is 38.9 Å². The van der Waals surface area contributed by atoms with Gasteiger partial charge in [0.05, 0.1) is 19.1 Å². The molecule has 1 saturated heterocycles. The molecular formula is C28H33NO3. The van der Waals surface area contributed by atoms with E-state index in [1.807, 2.05) is 6.92 Å². The van der Waals surface area contributed by atoms with Crippen molar-refractivity contribution in [3.05, 3.63) is 76.9 Å². The van der Waals surface area contributed by atoms with Crippen molar-refractivity contribution in [1.29, 1.82) is 0 Å². The van der Waals surface area contributed by atoms with Crippen LogP contribution in [0.1, 0.15) is 48.4 Å². The van der Waals surface area contributed by atoms with Crippen molar-refractivity contribution in [3.8, 4) is 0 Å². The molecule has 0 spiro atoms. The minimum Gasteiger partial charge on any atom is -0.466 e. The van der Waals surface area contributed by atoms with Gasteiger partial charge < -0.3 is 14.4 Å². The number of hydrogen-bond acceptors (Lipinski definition) is 4. The fourth-order valence-electron chi connectivity index (χ4n) is 4.65. The second kappa shape index (κ2) is 11.3. The fourth-order valence-corrected chi connectivity index (χ4v) is 4.65. The zero-order valence-corrected chi connectivity index (χ0v) is 19.0. The zero-order valence-electron chi connectivity index (χ0n) is 19.0. The van der Waals surface area contributed by atoms with Crippen LogP contribution in [0.4, 0.5) is 0 Å². The Morgan fingerprint density at radius 1 is 1.06 bits per heavy atom. The SMILES string of the molecule is CCOC(=O)[C@@H]1CCCN(CCCOCC=C2c3ccccc3C=Cc3ccccc32)C1. The first kappa shape index (κ1) is 22.5. The molecule has 0 amide bonds. The quantitative estimate of drug-likeness (QED) is 0.359. The number of likely N-dealkylation sites (tertiary alicyclic amines) is 1. The van der Waals surface area contributed by atoms with E-state index in [9.17, 15) is 4.79 Å². The van der Waals surface area contributed by atoms with Crippen LogP contribution in [0.3, 0.4) is 0 Å². The molecule has 168 valence electrons.